The van der Waals surface area contributed by atoms with Gasteiger partial charge in [0.05, 0.1) is 11.6 Å². The molecule has 0 bridgehead atoms. The Balaban J connectivity index is 1.64. The third-order valence-corrected chi connectivity index (χ3v) is 4.98. The quantitative estimate of drug-likeness (QED) is 0.778. The van der Waals surface area contributed by atoms with E-state index in [1.54, 1.807) is 38.1 Å². The number of anilines is 3. The molecule has 0 spiro atoms. The van der Waals surface area contributed by atoms with Gasteiger partial charge in [0.15, 0.2) is 0 Å². The molecule has 2 amide bonds. The van der Waals surface area contributed by atoms with Gasteiger partial charge in [0, 0.05) is 30.2 Å². The number of hydrogen-bond acceptors (Lipinski definition) is 4. The molecule has 0 saturated carbocycles. The first-order valence-corrected chi connectivity index (χ1v) is 9.38. The first kappa shape index (κ1) is 19.4. The minimum absolute atomic E-state index is 0.393. The van der Waals surface area contributed by atoms with Crippen LogP contribution in [0.1, 0.15) is 32.3 Å². The molecule has 3 rings (SSSR count). The molecule has 0 unspecified atom stereocenters. The van der Waals surface area contributed by atoms with Crippen molar-refractivity contribution in [2.75, 3.05) is 28.6 Å². The summed E-state index contributed by atoms with van der Waals surface area (Å²) in [7, 11) is 0. The topological polar surface area (TPSA) is 85.2 Å². The van der Waals surface area contributed by atoms with Crippen LogP contribution in [0.5, 0.6) is 0 Å². The van der Waals surface area contributed by atoms with E-state index in [4.69, 9.17) is 5.26 Å². The maximum absolute atomic E-state index is 12.7. The predicted molar refractivity (Wildman–Crippen MR) is 110 cm³/mol. The average molecular weight is 376 g/mol. The van der Waals surface area contributed by atoms with Crippen LogP contribution in [0.4, 0.5) is 17.1 Å². The lowest BCUT2D eigenvalue weighted by atomic mass is 9.90. The second-order valence-corrected chi connectivity index (χ2v) is 7.47. The van der Waals surface area contributed by atoms with E-state index >= 15 is 0 Å². The molecule has 6 nitrogen and oxygen atoms in total. The highest BCUT2D eigenvalue weighted by Crippen LogP contribution is 2.25. The first-order valence-electron chi connectivity index (χ1n) is 9.38. The molecule has 1 aliphatic rings. The number of rotatable bonds is 5. The Morgan fingerprint density at radius 1 is 0.964 bits per heavy atom. The van der Waals surface area contributed by atoms with Gasteiger partial charge in [0.25, 0.3) is 0 Å². The van der Waals surface area contributed by atoms with Gasteiger partial charge in [-0.2, -0.15) is 5.26 Å². The highest BCUT2D eigenvalue weighted by molar-refractivity contribution is 6.14. The number of benzene rings is 2. The van der Waals surface area contributed by atoms with Crippen molar-refractivity contribution < 1.29 is 9.59 Å². The zero-order valence-corrected chi connectivity index (χ0v) is 16.2. The van der Waals surface area contributed by atoms with Crippen LogP contribution in [-0.4, -0.2) is 24.9 Å². The molecule has 0 aliphatic carbocycles. The van der Waals surface area contributed by atoms with E-state index in [0.29, 0.717) is 16.9 Å². The van der Waals surface area contributed by atoms with Crippen molar-refractivity contribution in [2.45, 2.75) is 26.7 Å². The molecule has 0 aromatic heterocycles. The van der Waals surface area contributed by atoms with Gasteiger partial charge in [0.2, 0.25) is 11.8 Å². The Kier molecular flexibility index (Phi) is 5.65. The van der Waals surface area contributed by atoms with Crippen molar-refractivity contribution in [3.63, 3.8) is 0 Å². The third kappa shape index (κ3) is 4.32. The van der Waals surface area contributed by atoms with Crippen LogP contribution in [0.25, 0.3) is 0 Å². The summed E-state index contributed by atoms with van der Waals surface area (Å²) in [5, 5.41) is 14.5. The van der Waals surface area contributed by atoms with Crippen molar-refractivity contribution in [1.29, 1.82) is 5.26 Å². The van der Waals surface area contributed by atoms with Gasteiger partial charge in [-0.15, -0.1) is 0 Å². The van der Waals surface area contributed by atoms with Gasteiger partial charge in [-0.1, -0.05) is 6.07 Å². The number of carbonyl (C=O) groups excluding carboxylic acids is 2. The molecule has 28 heavy (non-hydrogen) atoms. The Hall–Kier alpha value is -3.33. The molecule has 1 fully saturated rings. The molecule has 6 heteroatoms. The number of nitrogens with zero attached hydrogens (tertiary/aromatic N) is 2. The molecule has 2 aromatic rings. The summed E-state index contributed by atoms with van der Waals surface area (Å²) in [5.41, 5.74) is 1.44. The summed E-state index contributed by atoms with van der Waals surface area (Å²) >= 11 is 0. The lowest BCUT2D eigenvalue weighted by Gasteiger charge is -2.23. The van der Waals surface area contributed by atoms with E-state index in [1.807, 2.05) is 30.3 Å². The lowest BCUT2D eigenvalue weighted by Crippen LogP contribution is -2.41. The summed E-state index contributed by atoms with van der Waals surface area (Å²) in [4.78, 5) is 27.6. The van der Waals surface area contributed by atoms with E-state index in [-0.39, 0.29) is 0 Å². The Morgan fingerprint density at radius 3 is 2.18 bits per heavy atom. The van der Waals surface area contributed by atoms with Crippen LogP contribution < -0.4 is 15.5 Å². The van der Waals surface area contributed by atoms with Crippen molar-refractivity contribution in [3.8, 4) is 6.07 Å². The van der Waals surface area contributed by atoms with Crippen molar-refractivity contribution in [3.05, 3.63) is 54.1 Å². The minimum atomic E-state index is -1.28. The second-order valence-electron chi connectivity index (χ2n) is 7.47. The van der Waals surface area contributed by atoms with Gasteiger partial charge in [0.1, 0.15) is 5.41 Å². The molecule has 1 heterocycles. The fourth-order valence-electron chi connectivity index (χ4n) is 3.08. The van der Waals surface area contributed by atoms with Gasteiger partial charge >= 0.3 is 0 Å². The van der Waals surface area contributed by atoms with Crippen LogP contribution in [0, 0.1) is 16.7 Å². The Morgan fingerprint density at radius 2 is 1.57 bits per heavy atom. The fraction of sp³-hybridized carbons (Fsp3) is 0.318. The van der Waals surface area contributed by atoms with Gasteiger partial charge in [-0.05, 0) is 69.2 Å². The smallest absolute Gasteiger partial charge is 0.239 e. The monoisotopic (exact) mass is 376 g/mol. The van der Waals surface area contributed by atoms with Crippen LogP contribution in [0.2, 0.25) is 0 Å². The normalized spacial score (nSPS) is 13.7. The third-order valence-electron chi connectivity index (χ3n) is 4.98. The highest BCUT2D eigenvalue weighted by atomic mass is 16.2. The van der Waals surface area contributed by atoms with Gasteiger partial charge in [-0.3, -0.25) is 9.59 Å². The summed E-state index contributed by atoms with van der Waals surface area (Å²) < 4.78 is 0. The summed E-state index contributed by atoms with van der Waals surface area (Å²) in [6.07, 6.45) is 2.41. The molecule has 0 atom stereocenters. The second kappa shape index (κ2) is 8.13. The summed E-state index contributed by atoms with van der Waals surface area (Å²) in [6, 6.07) is 16.3. The Bertz CT molecular complexity index is 907. The molecule has 1 saturated heterocycles. The number of nitrogens with one attached hydrogen (secondary N) is 2. The molecule has 2 N–H and O–H groups in total. The fourth-order valence-corrected chi connectivity index (χ4v) is 3.08. The molecule has 2 aromatic carbocycles. The van der Waals surface area contributed by atoms with Crippen LogP contribution in [0.3, 0.4) is 0 Å². The lowest BCUT2D eigenvalue weighted by molar-refractivity contribution is -0.135. The van der Waals surface area contributed by atoms with Crippen LogP contribution in [-0.2, 0) is 9.59 Å². The average Bonchev–Trinajstić information content (AvgIpc) is 3.23. The Labute approximate surface area is 165 Å². The largest absolute Gasteiger partial charge is 0.372 e. The van der Waals surface area contributed by atoms with Gasteiger partial charge < -0.3 is 15.5 Å². The number of nitriles is 1. The standard InChI is InChI=1S/C22H24N4O2/c1-22(2,21(28)25-18-7-5-6-16(14-18)15-23)20(27)24-17-8-10-19(11-9-17)26-12-3-4-13-26/h5-11,14H,3-4,12-13H2,1-2H3,(H,24,27)(H,25,28). The van der Waals surface area contributed by atoms with Gasteiger partial charge in [-0.25, -0.2) is 0 Å². The zero-order chi connectivity index (χ0) is 20.1. The zero-order valence-electron chi connectivity index (χ0n) is 16.2. The van der Waals surface area contributed by atoms with E-state index in [0.717, 1.165) is 18.8 Å². The first-order chi connectivity index (χ1) is 13.4. The van der Waals surface area contributed by atoms with Crippen LogP contribution in [0.15, 0.2) is 48.5 Å². The van der Waals surface area contributed by atoms with E-state index in [1.165, 1.54) is 12.8 Å². The van der Waals surface area contributed by atoms with Crippen LogP contribution >= 0.6 is 0 Å². The number of carbonyl (C=O) groups is 2. The highest BCUT2D eigenvalue weighted by Gasteiger charge is 2.36. The maximum Gasteiger partial charge on any atom is 0.239 e. The SMILES string of the molecule is CC(C)(C(=O)Nc1ccc(N2CCCC2)cc1)C(=O)Nc1cccc(C#N)c1. The number of amides is 2. The summed E-state index contributed by atoms with van der Waals surface area (Å²) in [6.45, 7) is 5.27. The molecular weight excluding hydrogens is 352 g/mol. The van der Waals surface area contributed by atoms with E-state index < -0.39 is 17.2 Å². The van der Waals surface area contributed by atoms with E-state index in [2.05, 4.69) is 15.5 Å². The molecule has 1 aliphatic heterocycles. The minimum Gasteiger partial charge on any atom is -0.372 e. The van der Waals surface area contributed by atoms with Crippen molar-refractivity contribution in [1.82, 2.24) is 0 Å². The number of hydrogen-bond donors (Lipinski definition) is 2. The summed E-state index contributed by atoms with van der Waals surface area (Å²) in [5.74, 6) is -0.830. The molecule has 0 radical (unpaired) electrons. The van der Waals surface area contributed by atoms with E-state index in [9.17, 15) is 9.59 Å². The predicted octanol–water partition coefficient (Wildman–Crippen LogP) is 3.76. The van der Waals surface area contributed by atoms with Crippen molar-refractivity contribution >= 4 is 28.9 Å². The molecular formula is C22H24N4O2. The van der Waals surface area contributed by atoms with Crippen molar-refractivity contribution in [2.24, 2.45) is 5.41 Å². The maximum atomic E-state index is 12.7. The molecule has 144 valence electrons.